The smallest absolute Gasteiger partial charge is 0.311 e. The number of benzene rings is 1. The third-order valence-electron chi connectivity index (χ3n) is 2.75. The van der Waals surface area contributed by atoms with E-state index < -0.39 is 9.85 Å². The minimum Gasteiger partial charge on any atom is -0.378 e. The van der Waals surface area contributed by atoms with E-state index in [0.29, 0.717) is 11.4 Å². The number of para-hydroxylation sites is 1. The number of nitrogens with one attached hydrogen (secondary N) is 1. The largest absolute Gasteiger partial charge is 0.378 e. The second kappa shape index (κ2) is 5.82. The van der Waals surface area contributed by atoms with Crippen LogP contribution >= 0.6 is 0 Å². The summed E-state index contributed by atoms with van der Waals surface area (Å²) in [5.74, 6) is 0.0869. The maximum atomic E-state index is 10.9. The van der Waals surface area contributed by atoms with Gasteiger partial charge in [0.05, 0.1) is 9.85 Å². The average Bonchev–Trinajstić information content (AvgIpc) is 2.45. The molecule has 9 nitrogen and oxygen atoms in total. The Bertz CT molecular complexity index is 704. The molecule has 0 aliphatic rings. The van der Waals surface area contributed by atoms with Crippen molar-refractivity contribution in [2.45, 2.75) is 6.54 Å². The van der Waals surface area contributed by atoms with Gasteiger partial charge in [-0.2, -0.15) is 0 Å². The highest BCUT2D eigenvalue weighted by Crippen LogP contribution is 2.22. The van der Waals surface area contributed by atoms with Crippen molar-refractivity contribution in [1.82, 2.24) is 4.98 Å². The van der Waals surface area contributed by atoms with Gasteiger partial charge in [0.15, 0.2) is 0 Å². The van der Waals surface area contributed by atoms with Crippen LogP contribution in [0, 0.1) is 20.2 Å². The standard InChI is InChI=1S/C12H11N5O4/c13-12-10(17(20)21)5-6-11(15-12)14-7-8-3-1-2-4-9(8)16(18)19/h1-6H,7H2,(H3,13,14,15). The lowest BCUT2D eigenvalue weighted by molar-refractivity contribution is -0.385. The van der Waals surface area contributed by atoms with Gasteiger partial charge in [-0.3, -0.25) is 20.2 Å². The molecule has 1 aromatic carbocycles. The lowest BCUT2D eigenvalue weighted by Crippen LogP contribution is -2.06. The topological polar surface area (TPSA) is 137 Å². The van der Waals surface area contributed by atoms with Crippen LogP contribution in [0.2, 0.25) is 0 Å². The predicted molar refractivity (Wildman–Crippen MR) is 75.7 cm³/mol. The zero-order chi connectivity index (χ0) is 15.4. The number of pyridine rings is 1. The molecule has 0 spiro atoms. The third kappa shape index (κ3) is 3.21. The maximum Gasteiger partial charge on any atom is 0.311 e. The van der Waals surface area contributed by atoms with Crippen LogP contribution in [0.15, 0.2) is 36.4 Å². The fourth-order valence-electron chi connectivity index (χ4n) is 1.74. The lowest BCUT2D eigenvalue weighted by Gasteiger charge is -2.07. The summed E-state index contributed by atoms with van der Waals surface area (Å²) >= 11 is 0. The zero-order valence-corrected chi connectivity index (χ0v) is 10.7. The maximum absolute atomic E-state index is 10.9. The van der Waals surface area contributed by atoms with Crippen molar-refractivity contribution in [3.8, 4) is 0 Å². The number of nitrogens with zero attached hydrogens (tertiary/aromatic N) is 3. The molecule has 1 aromatic heterocycles. The average molecular weight is 289 g/mol. The van der Waals surface area contributed by atoms with Gasteiger partial charge in [-0.1, -0.05) is 18.2 Å². The molecule has 0 atom stereocenters. The van der Waals surface area contributed by atoms with E-state index in [4.69, 9.17) is 5.73 Å². The number of rotatable bonds is 5. The Morgan fingerprint density at radius 1 is 1.05 bits per heavy atom. The van der Waals surface area contributed by atoms with Gasteiger partial charge < -0.3 is 11.1 Å². The molecule has 9 heteroatoms. The highest BCUT2D eigenvalue weighted by atomic mass is 16.6. The van der Waals surface area contributed by atoms with Gasteiger partial charge in [0.1, 0.15) is 5.82 Å². The third-order valence-corrected chi connectivity index (χ3v) is 2.75. The van der Waals surface area contributed by atoms with E-state index in [0.717, 1.165) is 0 Å². The molecular weight excluding hydrogens is 278 g/mol. The molecule has 0 unspecified atom stereocenters. The molecule has 0 saturated heterocycles. The van der Waals surface area contributed by atoms with Crippen LogP contribution in [0.4, 0.5) is 23.0 Å². The summed E-state index contributed by atoms with van der Waals surface area (Å²) in [4.78, 5) is 24.2. The second-order valence-electron chi connectivity index (χ2n) is 4.10. The fraction of sp³-hybridized carbons (Fsp3) is 0.0833. The number of nitro benzene ring substituents is 1. The van der Waals surface area contributed by atoms with E-state index in [1.165, 1.54) is 18.2 Å². The van der Waals surface area contributed by atoms with Crippen molar-refractivity contribution < 1.29 is 9.85 Å². The van der Waals surface area contributed by atoms with Crippen LogP contribution in [0.25, 0.3) is 0 Å². The van der Waals surface area contributed by atoms with Gasteiger partial charge in [-0.25, -0.2) is 4.98 Å². The quantitative estimate of drug-likeness (QED) is 0.634. The van der Waals surface area contributed by atoms with E-state index in [-0.39, 0.29) is 23.7 Å². The summed E-state index contributed by atoms with van der Waals surface area (Å²) in [5.41, 5.74) is 5.64. The first-order valence-electron chi connectivity index (χ1n) is 5.86. The normalized spacial score (nSPS) is 10.1. The second-order valence-corrected chi connectivity index (χ2v) is 4.10. The summed E-state index contributed by atoms with van der Waals surface area (Å²) in [6, 6.07) is 8.88. The Morgan fingerprint density at radius 2 is 1.71 bits per heavy atom. The summed E-state index contributed by atoms with van der Waals surface area (Å²) in [5, 5.41) is 24.3. The van der Waals surface area contributed by atoms with Crippen LogP contribution in [0.1, 0.15) is 5.56 Å². The zero-order valence-electron chi connectivity index (χ0n) is 10.7. The number of nitrogens with two attached hydrogens (primary N) is 1. The van der Waals surface area contributed by atoms with Crippen molar-refractivity contribution in [1.29, 1.82) is 0 Å². The molecule has 0 aliphatic carbocycles. The van der Waals surface area contributed by atoms with Crippen molar-refractivity contribution in [3.63, 3.8) is 0 Å². The summed E-state index contributed by atoms with van der Waals surface area (Å²) in [6.07, 6.45) is 0. The highest BCUT2D eigenvalue weighted by Gasteiger charge is 2.14. The van der Waals surface area contributed by atoms with E-state index in [1.54, 1.807) is 18.2 Å². The molecule has 108 valence electrons. The first-order chi connectivity index (χ1) is 9.99. The van der Waals surface area contributed by atoms with E-state index >= 15 is 0 Å². The minimum atomic E-state index is -0.631. The Labute approximate surface area is 118 Å². The Balaban J connectivity index is 2.16. The van der Waals surface area contributed by atoms with Crippen LogP contribution in [0.5, 0.6) is 0 Å². The first kappa shape index (κ1) is 14.2. The Kier molecular flexibility index (Phi) is 3.93. The van der Waals surface area contributed by atoms with Crippen LogP contribution in [-0.4, -0.2) is 14.8 Å². The van der Waals surface area contributed by atoms with Crippen LogP contribution in [-0.2, 0) is 6.54 Å². The minimum absolute atomic E-state index is 0.0140. The van der Waals surface area contributed by atoms with Crippen LogP contribution in [0.3, 0.4) is 0 Å². The molecule has 0 saturated carbocycles. The Hall–Kier alpha value is -3.23. The number of hydrogen-bond donors (Lipinski definition) is 2. The molecule has 2 rings (SSSR count). The van der Waals surface area contributed by atoms with Crippen molar-refractivity contribution >= 4 is 23.0 Å². The molecule has 3 N–H and O–H groups in total. The molecule has 2 aromatic rings. The molecule has 0 fully saturated rings. The Morgan fingerprint density at radius 3 is 2.33 bits per heavy atom. The molecule has 0 bridgehead atoms. The molecule has 0 aliphatic heterocycles. The molecule has 1 heterocycles. The van der Waals surface area contributed by atoms with Crippen molar-refractivity contribution in [3.05, 3.63) is 62.2 Å². The summed E-state index contributed by atoms with van der Waals surface area (Å²) in [7, 11) is 0. The van der Waals surface area contributed by atoms with Gasteiger partial charge in [0.2, 0.25) is 5.82 Å². The van der Waals surface area contributed by atoms with Crippen LogP contribution < -0.4 is 11.1 Å². The fourth-order valence-corrected chi connectivity index (χ4v) is 1.74. The van der Waals surface area contributed by atoms with E-state index in [9.17, 15) is 20.2 Å². The van der Waals surface area contributed by atoms with E-state index in [2.05, 4.69) is 10.3 Å². The molecule has 0 radical (unpaired) electrons. The van der Waals surface area contributed by atoms with Crippen molar-refractivity contribution in [2.75, 3.05) is 11.1 Å². The number of hydrogen-bond acceptors (Lipinski definition) is 7. The molecular formula is C12H11N5O4. The highest BCUT2D eigenvalue weighted by molar-refractivity contribution is 5.57. The number of nitro groups is 2. The summed E-state index contributed by atoms with van der Waals surface area (Å²) in [6.45, 7) is 0.154. The van der Waals surface area contributed by atoms with Gasteiger partial charge >= 0.3 is 5.69 Å². The van der Waals surface area contributed by atoms with E-state index in [1.807, 2.05) is 0 Å². The number of anilines is 2. The van der Waals surface area contributed by atoms with Gasteiger partial charge in [0.25, 0.3) is 5.69 Å². The van der Waals surface area contributed by atoms with Crippen molar-refractivity contribution in [2.24, 2.45) is 0 Å². The monoisotopic (exact) mass is 289 g/mol. The van der Waals surface area contributed by atoms with Gasteiger partial charge in [-0.15, -0.1) is 0 Å². The predicted octanol–water partition coefficient (Wildman–Crippen LogP) is 2.09. The number of aromatic nitrogens is 1. The lowest BCUT2D eigenvalue weighted by atomic mass is 10.2. The molecule has 0 amide bonds. The summed E-state index contributed by atoms with van der Waals surface area (Å²) < 4.78 is 0. The van der Waals surface area contributed by atoms with Gasteiger partial charge in [-0.05, 0) is 6.07 Å². The molecule has 21 heavy (non-hydrogen) atoms. The SMILES string of the molecule is Nc1nc(NCc2ccccc2[N+](=O)[O-])ccc1[N+](=O)[O-]. The van der Waals surface area contributed by atoms with Gasteiger partial charge in [0, 0.05) is 24.2 Å². The first-order valence-corrected chi connectivity index (χ1v) is 5.86. The number of nitrogen functional groups attached to an aromatic ring is 1.